The lowest BCUT2D eigenvalue weighted by molar-refractivity contribution is 0.535. The average molecular weight is 366 g/mol. The number of benzene rings is 2. The Balaban J connectivity index is 2.43. The summed E-state index contributed by atoms with van der Waals surface area (Å²) in [6.07, 6.45) is 0.531. The Hall–Kier alpha value is -0.470. The first-order valence-electron chi connectivity index (χ1n) is 6.33. The number of hydrogen-bond acceptors (Lipinski definition) is 0. The van der Waals surface area contributed by atoms with Crippen LogP contribution in [0.2, 0.25) is 10.0 Å². The SMILES string of the molecule is Fc1ccc(CC(CCl)(CCl)c2ccccc2Cl)cc1Cl. The molecule has 0 nitrogen and oxygen atoms in total. The Morgan fingerprint density at radius 3 is 2.14 bits per heavy atom. The van der Waals surface area contributed by atoms with Crippen molar-refractivity contribution in [2.75, 3.05) is 11.8 Å². The van der Waals surface area contributed by atoms with E-state index in [2.05, 4.69) is 0 Å². The number of alkyl halides is 2. The molecule has 0 unspecified atom stereocenters. The molecule has 0 aliphatic carbocycles. The van der Waals surface area contributed by atoms with Crippen molar-refractivity contribution in [2.24, 2.45) is 0 Å². The van der Waals surface area contributed by atoms with Crippen LogP contribution in [0.5, 0.6) is 0 Å². The minimum Gasteiger partial charge on any atom is -0.205 e. The van der Waals surface area contributed by atoms with Gasteiger partial charge in [-0.05, 0) is 35.7 Å². The van der Waals surface area contributed by atoms with E-state index in [0.717, 1.165) is 11.1 Å². The summed E-state index contributed by atoms with van der Waals surface area (Å²) >= 11 is 24.5. The van der Waals surface area contributed by atoms with Gasteiger partial charge in [0, 0.05) is 22.2 Å². The fourth-order valence-electron chi connectivity index (χ4n) is 2.30. The first kappa shape index (κ1) is 16.9. The van der Waals surface area contributed by atoms with E-state index in [1.165, 1.54) is 6.07 Å². The summed E-state index contributed by atoms with van der Waals surface area (Å²) in [5.74, 6) is 0.158. The van der Waals surface area contributed by atoms with Gasteiger partial charge in [-0.15, -0.1) is 23.2 Å². The smallest absolute Gasteiger partial charge is 0.141 e. The zero-order valence-electron chi connectivity index (χ0n) is 11.1. The van der Waals surface area contributed by atoms with Gasteiger partial charge in [0.2, 0.25) is 0 Å². The third-order valence-corrected chi connectivity index (χ3v) is 5.13. The molecule has 0 aliphatic heterocycles. The highest BCUT2D eigenvalue weighted by Gasteiger charge is 2.33. The van der Waals surface area contributed by atoms with Crippen LogP contribution in [0.15, 0.2) is 42.5 Å². The maximum atomic E-state index is 13.3. The normalized spacial score (nSPS) is 11.7. The summed E-state index contributed by atoms with van der Waals surface area (Å²) in [5, 5.41) is 0.705. The van der Waals surface area contributed by atoms with Gasteiger partial charge < -0.3 is 0 Å². The van der Waals surface area contributed by atoms with Crippen LogP contribution in [0, 0.1) is 5.82 Å². The topological polar surface area (TPSA) is 0 Å². The molecule has 0 spiro atoms. The summed E-state index contributed by atoms with van der Waals surface area (Å²) in [6.45, 7) is 0. The number of halogens is 5. The Labute approximate surface area is 143 Å². The molecule has 0 heterocycles. The van der Waals surface area contributed by atoms with Gasteiger partial charge >= 0.3 is 0 Å². The van der Waals surface area contributed by atoms with Crippen LogP contribution in [0.25, 0.3) is 0 Å². The maximum absolute atomic E-state index is 13.3. The zero-order valence-corrected chi connectivity index (χ0v) is 14.1. The van der Waals surface area contributed by atoms with Crippen molar-refractivity contribution in [1.82, 2.24) is 0 Å². The van der Waals surface area contributed by atoms with Crippen LogP contribution in [0.1, 0.15) is 11.1 Å². The van der Waals surface area contributed by atoms with Crippen LogP contribution >= 0.6 is 46.4 Å². The highest BCUT2D eigenvalue weighted by Crippen LogP contribution is 2.36. The second-order valence-electron chi connectivity index (χ2n) is 4.95. The maximum Gasteiger partial charge on any atom is 0.141 e. The molecule has 0 bridgehead atoms. The number of hydrogen-bond donors (Lipinski definition) is 0. The fourth-order valence-corrected chi connectivity index (χ4v) is 3.60. The molecule has 0 saturated carbocycles. The van der Waals surface area contributed by atoms with Gasteiger partial charge in [0.15, 0.2) is 0 Å². The van der Waals surface area contributed by atoms with Crippen LogP contribution < -0.4 is 0 Å². The summed E-state index contributed by atoms with van der Waals surface area (Å²) in [7, 11) is 0. The van der Waals surface area contributed by atoms with E-state index in [4.69, 9.17) is 46.4 Å². The first-order chi connectivity index (χ1) is 10.0. The average Bonchev–Trinajstić information content (AvgIpc) is 2.49. The van der Waals surface area contributed by atoms with E-state index in [1.54, 1.807) is 12.1 Å². The molecule has 2 aromatic rings. The lowest BCUT2D eigenvalue weighted by Gasteiger charge is -2.31. The van der Waals surface area contributed by atoms with Crippen LogP contribution in [0.3, 0.4) is 0 Å². The summed E-state index contributed by atoms with van der Waals surface area (Å²) in [4.78, 5) is 0. The van der Waals surface area contributed by atoms with Gasteiger partial charge in [-0.25, -0.2) is 4.39 Å². The van der Waals surface area contributed by atoms with Crippen LogP contribution in [-0.4, -0.2) is 11.8 Å². The van der Waals surface area contributed by atoms with Crippen molar-refractivity contribution in [3.05, 3.63) is 69.5 Å². The molecule has 0 saturated heterocycles. The zero-order chi connectivity index (χ0) is 15.5. The molecule has 112 valence electrons. The molecule has 0 N–H and O–H groups in total. The molecule has 0 amide bonds. The van der Waals surface area contributed by atoms with Crippen molar-refractivity contribution in [3.63, 3.8) is 0 Å². The monoisotopic (exact) mass is 364 g/mol. The summed E-state index contributed by atoms with van der Waals surface area (Å²) < 4.78 is 13.3. The lowest BCUT2D eigenvalue weighted by atomic mass is 9.78. The minimum absolute atomic E-state index is 0.0877. The van der Waals surface area contributed by atoms with Gasteiger partial charge in [0.25, 0.3) is 0 Å². The van der Waals surface area contributed by atoms with Crippen molar-refractivity contribution in [3.8, 4) is 0 Å². The van der Waals surface area contributed by atoms with E-state index in [-0.39, 0.29) is 5.02 Å². The lowest BCUT2D eigenvalue weighted by Crippen LogP contribution is -2.33. The molecular formula is C16H13Cl4F. The standard InChI is InChI=1S/C16H13Cl4F/c17-9-16(10-18,12-3-1-2-4-13(12)19)8-11-5-6-15(21)14(20)7-11/h1-7H,8-10H2. The van der Waals surface area contributed by atoms with E-state index in [0.29, 0.717) is 23.2 Å². The Kier molecular flexibility index (Phi) is 5.79. The molecule has 21 heavy (non-hydrogen) atoms. The highest BCUT2D eigenvalue weighted by atomic mass is 35.5. The van der Waals surface area contributed by atoms with Gasteiger partial charge in [0.1, 0.15) is 5.82 Å². The van der Waals surface area contributed by atoms with Crippen LogP contribution in [0.4, 0.5) is 4.39 Å². The molecule has 0 aromatic heterocycles. The van der Waals surface area contributed by atoms with E-state index >= 15 is 0 Å². The van der Waals surface area contributed by atoms with E-state index in [1.807, 2.05) is 24.3 Å². The molecule has 5 heteroatoms. The van der Waals surface area contributed by atoms with Crippen molar-refractivity contribution in [1.29, 1.82) is 0 Å². The van der Waals surface area contributed by atoms with Crippen molar-refractivity contribution in [2.45, 2.75) is 11.8 Å². The predicted octanol–water partition coefficient (Wildman–Crippen LogP) is 6.09. The molecule has 2 aromatic carbocycles. The quantitative estimate of drug-likeness (QED) is 0.562. The second-order valence-corrected chi connectivity index (χ2v) is 6.30. The second kappa shape index (κ2) is 7.19. The van der Waals surface area contributed by atoms with Gasteiger partial charge in [0.05, 0.1) is 5.02 Å². The van der Waals surface area contributed by atoms with Crippen molar-refractivity contribution < 1.29 is 4.39 Å². The van der Waals surface area contributed by atoms with Crippen molar-refractivity contribution >= 4 is 46.4 Å². The Morgan fingerprint density at radius 2 is 1.57 bits per heavy atom. The third-order valence-electron chi connectivity index (χ3n) is 3.48. The molecule has 2 rings (SSSR count). The fraction of sp³-hybridized carbons (Fsp3) is 0.250. The van der Waals surface area contributed by atoms with Gasteiger partial charge in [-0.1, -0.05) is 47.5 Å². The van der Waals surface area contributed by atoms with E-state index < -0.39 is 11.2 Å². The van der Waals surface area contributed by atoms with Crippen LogP contribution in [-0.2, 0) is 11.8 Å². The first-order valence-corrected chi connectivity index (χ1v) is 8.16. The highest BCUT2D eigenvalue weighted by molar-refractivity contribution is 6.32. The molecule has 0 atom stereocenters. The largest absolute Gasteiger partial charge is 0.205 e. The predicted molar refractivity (Wildman–Crippen MR) is 89.7 cm³/mol. The van der Waals surface area contributed by atoms with Gasteiger partial charge in [-0.2, -0.15) is 0 Å². The minimum atomic E-state index is -0.525. The Morgan fingerprint density at radius 1 is 0.905 bits per heavy atom. The number of rotatable bonds is 5. The molecule has 0 aliphatic rings. The molecule has 0 fully saturated rings. The summed E-state index contributed by atoms with van der Waals surface area (Å²) in [5.41, 5.74) is 1.22. The Bertz CT molecular complexity index is 623. The van der Waals surface area contributed by atoms with Gasteiger partial charge in [-0.3, -0.25) is 0 Å². The van der Waals surface area contributed by atoms with E-state index in [9.17, 15) is 4.39 Å². The third kappa shape index (κ3) is 3.65. The molecular weight excluding hydrogens is 353 g/mol. The summed E-state index contributed by atoms with van der Waals surface area (Å²) in [6, 6.07) is 12.1. The molecule has 0 radical (unpaired) electrons.